The van der Waals surface area contributed by atoms with Crippen molar-refractivity contribution < 1.29 is 19.4 Å². The molecule has 16 heavy (non-hydrogen) atoms. The zero-order chi connectivity index (χ0) is 12.0. The van der Waals surface area contributed by atoms with Crippen LogP contribution in [0.15, 0.2) is 0 Å². The highest BCUT2D eigenvalue weighted by Gasteiger charge is 2.43. The Balaban J connectivity index is 1.97. The van der Waals surface area contributed by atoms with Crippen molar-refractivity contribution in [3.8, 4) is 0 Å². The highest BCUT2D eigenvalue weighted by molar-refractivity contribution is 7.99. The summed E-state index contributed by atoms with van der Waals surface area (Å²) in [6, 6.07) is 0. The molecule has 0 bridgehead atoms. The van der Waals surface area contributed by atoms with Crippen molar-refractivity contribution in [2.75, 3.05) is 24.7 Å². The summed E-state index contributed by atoms with van der Waals surface area (Å²) in [5.74, 6) is -0.0842. The van der Waals surface area contributed by atoms with E-state index in [1.54, 1.807) is 0 Å². The molecule has 1 fully saturated rings. The fourth-order valence-electron chi connectivity index (χ4n) is 1.38. The van der Waals surface area contributed by atoms with E-state index in [0.29, 0.717) is 18.9 Å². The lowest BCUT2D eigenvalue weighted by Crippen LogP contribution is -2.28. The first-order valence-corrected chi connectivity index (χ1v) is 6.49. The van der Waals surface area contributed by atoms with Crippen molar-refractivity contribution in [3.63, 3.8) is 0 Å². The van der Waals surface area contributed by atoms with Gasteiger partial charge in [0.1, 0.15) is 0 Å². The normalized spacial score (nSPS) is 22.8. The molecule has 0 aromatic heterocycles. The van der Waals surface area contributed by atoms with E-state index >= 15 is 0 Å². The summed E-state index contributed by atoms with van der Waals surface area (Å²) >= 11 is 1.30. The molecule has 6 heteroatoms. The lowest BCUT2D eigenvalue weighted by molar-refractivity contribution is -0.133. The number of carboxylic acids is 1. The van der Waals surface area contributed by atoms with Gasteiger partial charge in [-0.25, -0.2) is 0 Å². The number of rotatable bonds is 8. The van der Waals surface area contributed by atoms with E-state index in [2.05, 4.69) is 5.32 Å². The zero-order valence-corrected chi connectivity index (χ0v) is 10.1. The van der Waals surface area contributed by atoms with E-state index in [4.69, 9.17) is 9.84 Å². The second-order valence-corrected chi connectivity index (χ2v) is 4.68. The van der Waals surface area contributed by atoms with Crippen LogP contribution in [0, 0.1) is 5.92 Å². The van der Waals surface area contributed by atoms with E-state index in [-0.39, 0.29) is 23.7 Å². The van der Waals surface area contributed by atoms with Crippen LogP contribution in [0.2, 0.25) is 0 Å². The number of carbonyl (C=O) groups excluding carboxylic acids is 1. The summed E-state index contributed by atoms with van der Waals surface area (Å²) in [5.41, 5.74) is 0. The molecule has 0 heterocycles. The third-order valence-corrected chi connectivity index (χ3v) is 3.16. The smallest absolute Gasteiger partial charge is 0.313 e. The molecular formula is C10H17NO4S. The van der Waals surface area contributed by atoms with E-state index in [9.17, 15) is 9.59 Å². The molecule has 0 aromatic carbocycles. The van der Waals surface area contributed by atoms with Crippen LogP contribution in [0.4, 0.5) is 0 Å². The van der Waals surface area contributed by atoms with Gasteiger partial charge in [-0.05, 0) is 13.3 Å². The molecule has 0 spiro atoms. The molecule has 5 nitrogen and oxygen atoms in total. The maximum atomic E-state index is 11.5. The van der Waals surface area contributed by atoms with E-state index in [0.717, 1.165) is 6.42 Å². The van der Waals surface area contributed by atoms with Crippen molar-refractivity contribution >= 4 is 23.6 Å². The minimum absolute atomic E-state index is 0.00410. The third kappa shape index (κ3) is 4.85. The van der Waals surface area contributed by atoms with Gasteiger partial charge in [0, 0.05) is 18.9 Å². The lowest BCUT2D eigenvalue weighted by Gasteiger charge is -2.04. The molecule has 1 aliphatic rings. The molecule has 1 amide bonds. The Morgan fingerprint density at radius 1 is 1.56 bits per heavy atom. The van der Waals surface area contributed by atoms with Crippen LogP contribution in [-0.4, -0.2) is 47.7 Å². The molecule has 2 N–H and O–H groups in total. The van der Waals surface area contributed by atoms with Gasteiger partial charge in [0.05, 0.1) is 17.8 Å². The minimum Gasteiger partial charge on any atom is -0.481 e. The Bertz CT molecular complexity index is 259. The SMILES string of the molecule is CCOC1CC1C(=O)NCCSCC(=O)O. The highest BCUT2D eigenvalue weighted by Crippen LogP contribution is 2.33. The van der Waals surface area contributed by atoms with Crippen molar-refractivity contribution in [1.82, 2.24) is 5.32 Å². The standard InChI is InChI=1S/C10H17NO4S/c1-2-15-8-5-7(8)10(14)11-3-4-16-6-9(12)13/h7-8H,2-6H2,1H3,(H,11,14)(H,12,13). The molecule has 1 rings (SSSR count). The fraction of sp³-hybridized carbons (Fsp3) is 0.800. The summed E-state index contributed by atoms with van der Waals surface area (Å²) < 4.78 is 5.30. The number of carboxylic acid groups (broad SMARTS) is 1. The zero-order valence-electron chi connectivity index (χ0n) is 9.27. The van der Waals surface area contributed by atoms with Crippen LogP contribution in [0.25, 0.3) is 0 Å². The fourth-order valence-corrected chi connectivity index (χ4v) is 1.95. The summed E-state index contributed by atoms with van der Waals surface area (Å²) in [6.07, 6.45) is 0.902. The van der Waals surface area contributed by atoms with Gasteiger partial charge in [-0.3, -0.25) is 9.59 Å². The second kappa shape index (κ2) is 6.75. The number of thioether (sulfide) groups is 1. The van der Waals surface area contributed by atoms with Gasteiger partial charge >= 0.3 is 5.97 Å². The first-order valence-electron chi connectivity index (χ1n) is 5.34. The molecule has 1 saturated carbocycles. The Morgan fingerprint density at radius 3 is 2.94 bits per heavy atom. The average molecular weight is 247 g/mol. The Labute approximate surface area is 98.9 Å². The first kappa shape index (κ1) is 13.3. The third-order valence-electron chi connectivity index (χ3n) is 2.22. The quantitative estimate of drug-likeness (QED) is 0.605. The first-order chi connectivity index (χ1) is 7.65. The molecule has 2 atom stereocenters. The van der Waals surface area contributed by atoms with Crippen molar-refractivity contribution in [1.29, 1.82) is 0 Å². The van der Waals surface area contributed by atoms with Gasteiger partial charge in [-0.2, -0.15) is 0 Å². The van der Waals surface area contributed by atoms with Crippen molar-refractivity contribution in [2.45, 2.75) is 19.4 Å². The van der Waals surface area contributed by atoms with Crippen molar-refractivity contribution in [3.05, 3.63) is 0 Å². The monoisotopic (exact) mass is 247 g/mol. The predicted molar refractivity (Wildman–Crippen MR) is 61.5 cm³/mol. The van der Waals surface area contributed by atoms with Gasteiger partial charge in [-0.15, -0.1) is 11.8 Å². The van der Waals surface area contributed by atoms with E-state index < -0.39 is 5.97 Å². The number of ether oxygens (including phenoxy) is 1. The lowest BCUT2D eigenvalue weighted by atomic mass is 10.4. The van der Waals surface area contributed by atoms with E-state index in [1.165, 1.54) is 11.8 Å². The Hall–Kier alpha value is -0.750. The summed E-state index contributed by atoms with van der Waals surface area (Å²) in [6.45, 7) is 3.07. The predicted octanol–water partition coefficient (Wildman–Crippen LogP) is 0.345. The molecule has 2 unspecified atom stereocenters. The number of aliphatic carboxylic acids is 1. The molecule has 0 aromatic rings. The maximum Gasteiger partial charge on any atom is 0.313 e. The number of nitrogens with one attached hydrogen (secondary N) is 1. The van der Waals surface area contributed by atoms with Gasteiger partial charge in [-0.1, -0.05) is 0 Å². The van der Waals surface area contributed by atoms with Crippen LogP contribution < -0.4 is 5.32 Å². The minimum atomic E-state index is -0.824. The molecule has 92 valence electrons. The van der Waals surface area contributed by atoms with E-state index in [1.807, 2.05) is 6.92 Å². The number of hydrogen-bond acceptors (Lipinski definition) is 4. The van der Waals surface area contributed by atoms with Crippen LogP contribution in [0.5, 0.6) is 0 Å². The van der Waals surface area contributed by atoms with Crippen LogP contribution in [0.1, 0.15) is 13.3 Å². The highest BCUT2D eigenvalue weighted by atomic mass is 32.2. The van der Waals surface area contributed by atoms with Crippen LogP contribution in [-0.2, 0) is 14.3 Å². The number of amides is 1. The van der Waals surface area contributed by atoms with Gasteiger partial charge < -0.3 is 15.2 Å². The molecule has 1 aliphatic carbocycles. The van der Waals surface area contributed by atoms with Gasteiger partial charge in [0.25, 0.3) is 0 Å². The van der Waals surface area contributed by atoms with Gasteiger partial charge in [0.2, 0.25) is 5.91 Å². The largest absolute Gasteiger partial charge is 0.481 e. The number of carbonyl (C=O) groups is 2. The maximum absolute atomic E-state index is 11.5. The molecular weight excluding hydrogens is 230 g/mol. The van der Waals surface area contributed by atoms with Gasteiger partial charge in [0.15, 0.2) is 0 Å². The Kier molecular flexibility index (Phi) is 5.62. The molecule has 0 saturated heterocycles. The summed E-state index contributed by atoms with van der Waals surface area (Å²) in [7, 11) is 0. The van der Waals surface area contributed by atoms with Crippen molar-refractivity contribution in [2.24, 2.45) is 5.92 Å². The molecule has 0 radical (unpaired) electrons. The average Bonchev–Trinajstić information content (AvgIpc) is 2.96. The summed E-state index contributed by atoms with van der Waals surface area (Å²) in [5, 5.41) is 11.2. The second-order valence-electron chi connectivity index (χ2n) is 3.57. The Morgan fingerprint density at radius 2 is 2.31 bits per heavy atom. The van der Waals surface area contributed by atoms with Crippen LogP contribution in [0.3, 0.4) is 0 Å². The molecule has 0 aliphatic heterocycles. The topological polar surface area (TPSA) is 75.6 Å². The van der Waals surface area contributed by atoms with Crippen LogP contribution >= 0.6 is 11.8 Å². The summed E-state index contributed by atoms with van der Waals surface area (Å²) in [4.78, 5) is 21.7. The number of hydrogen-bond donors (Lipinski definition) is 2.